The van der Waals surface area contributed by atoms with E-state index in [0.29, 0.717) is 29.0 Å². The maximum Gasteiger partial charge on any atom is 0.198 e. The zero-order valence-electron chi connectivity index (χ0n) is 15.2. The molecule has 1 aliphatic rings. The van der Waals surface area contributed by atoms with Crippen molar-refractivity contribution in [2.75, 3.05) is 6.26 Å². The van der Waals surface area contributed by atoms with Gasteiger partial charge in [-0.25, -0.2) is 8.42 Å². The predicted molar refractivity (Wildman–Crippen MR) is 108 cm³/mol. The van der Waals surface area contributed by atoms with Crippen LogP contribution >= 0.6 is 15.9 Å². The summed E-state index contributed by atoms with van der Waals surface area (Å²) in [6.45, 7) is 0. The highest BCUT2D eigenvalue weighted by Gasteiger charge is 2.32. The van der Waals surface area contributed by atoms with Crippen molar-refractivity contribution < 1.29 is 17.7 Å². The molecule has 0 bridgehead atoms. The van der Waals surface area contributed by atoms with Gasteiger partial charge in [-0.05, 0) is 54.7 Å². The van der Waals surface area contributed by atoms with Gasteiger partial charge >= 0.3 is 0 Å². The first-order valence-corrected chi connectivity index (χ1v) is 11.6. The molecule has 2 aromatic carbocycles. The third kappa shape index (κ3) is 3.82. The Kier molecular flexibility index (Phi) is 4.97. The zero-order valence-corrected chi connectivity index (χ0v) is 17.6. The van der Waals surface area contributed by atoms with Crippen LogP contribution in [-0.4, -0.2) is 25.6 Å². The second kappa shape index (κ2) is 7.29. The molecule has 1 fully saturated rings. The van der Waals surface area contributed by atoms with E-state index in [1.54, 1.807) is 30.3 Å². The average molecular weight is 460 g/mol. The van der Waals surface area contributed by atoms with E-state index < -0.39 is 9.84 Å². The van der Waals surface area contributed by atoms with Crippen LogP contribution in [0.15, 0.2) is 62.6 Å². The number of halogens is 1. The molecule has 1 heterocycles. The number of nitrogens with zero attached hydrogens (tertiary/aromatic N) is 1. The fraction of sp³-hybridized carbons (Fsp3) is 0.238. The summed E-state index contributed by atoms with van der Waals surface area (Å²) < 4.78 is 30.2. The topological polar surface area (TPSA) is 77.2 Å². The van der Waals surface area contributed by atoms with Crippen molar-refractivity contribution in [3.05, 3.63) is 81.1 Å². The minimum absolute atomic E-state index is 0.150. The quantitative estimate of drug-likeness (QED) is 0.505. The molecule has 0 spiro atoms. The summed E-state index contributed by atoms with van der Waals surface area (Å²) in [6.07, 6.45) is 4.96. The fourth-order valence-corrected chi connectivity index (χ4v) is 4.71. The van der Waals surface area contributed by atoms with E-state index in [2.05, 4.69) is 21.1 Å². The summed E-state index contributed by atoms with van der Waals surface area (Å²) in [6, 6.07) is 12.3. The first kappa shape index (κ1) is 19.1. The lowest BCUT2D eigenvalue weighted by atomic mass is 9.94. The molecule has 1 saturated carbocycles. The molecule has 4 rings (SSSR count). The van der Waals surface area contributed by atoms with Crippen LogP contribution in [0.3, 0.4) is 0 Å². The van der Waals surface area contributed by atoms with Crippen LogP contribution in [0.4, 0.5) is 0 Å². The maximum absolute atomic E-state index is 13.2. The number of aromatic nitrogens is 1. The summed E-state index contributed by atoms with van der Waals surface area (Å²) in [5.41, 5.74) is 3.14. The Hall–Kier alpha value is -2.25. The highest BCUT2D eigenvalue weighted by Crippen LogP contribution is 2.41. The first-order valence-electron chi connectivity index (χ1n) is 8.90. The van der Waals surface area contributed by atoms with Crippen molar-refractivity contribution in [2.24, 2.45) is 0 Å². The maximum atomic E-state index is 13.2. The summed E-state index contributed by atoms with van der Waals surface area (Å²) in [5.74, 6) is 0.144. The largest absolute Gasteiger partial charge is 0.364 e. The van der Waals surface area contributed by atoms with Gasteiger partial charge in [-0.3, -0.25) is 4.79 Å². The number of benzene rings is 2. The van der Waals surface area contributed by atoms with Gasteiger partial charge < -0.3 is 4.52 Å². The van der Waals surface area contributed by atoms with Gasteiger partial charge in [0.1, 0.15) is 6.26 Å². The second-order valence-corrected chi connectivity index (χ2v) is 9.97. The second-order valence-electron chi connectivity index (χ2n) is 7.07. The number of hydrogen-bond acceptors (Lipinski definition) is 5. The summed E-state index contributed by atoms with van der Waals surface area (Å²) in [4.78, 5) is 13.5. The van der Waals surface area contributed by atoms with Crippen molar-refractivity contribution in [3.63, 3.8) is 0 Å². The lowest BCUT2D eigenvalue weighted by Gasteiger charge is -2.12. The molecule has 28 heavy (non-hydrogen) atoms. The Morgan fingerprint density at radius 1 is 1.14 bits per heavy atom. The zero-order chi connectivity index (χ0) is 19.9. The van der Waals surface area contributed by atoms with Crippen LogP contribution < -0.4 is 0 Å². The minimum Gasteiger partial charge on any atom is -0.364 e. The summed E-state index contributed by atoms with van der Waals surface area (Å²) in [7, 11) is -3.37. The van der Waals surface area contributed by atoms with Crippen LogP contribution in [0.5, 0.6) is 0 Å². The van der Waals surface area contributed by atoms with Crippen LogP contribution in [0.25, 0.3) is 0 Å². The van der Waals surface area contributed by atoms with E-state index in [1.165, 1.54) is 12.5 Å². The molecule has 0 amide bonds. The van der Waals surface area contributed by atoms with Gasteiger partial charge in [0.25, 0.3) is 0 Å². The molecule has 3 aromatic rings. The molecule has 0 N–H and O–H groups in total. The van der Waals surface area contributed by atoms with Gasteiger partial charge in [0.2, 0.25) is 0 Å². The van der Waals surface area contributed by atoms with Crippen molar-refractivity contribution in [1.82, 2.24) is 5.16 Å². The highest BCUT2D eigenvalue weighted by molar-refractivity contribution is 9.10. The van der Waals surface area contributed by atoms with Crippen molar-refractivity contribution >= 4 is 31.6 Å². The van der Waals surface area contributed by atoms with Gasteiger partial charge in [0.15, 0.2) is 15.6 Å². The van der Waals surface area contributed by atoms with Crippen LogP contribution in [0, 0.1) is 0 Å². The van der Waals surface area contributed by atoms with E-state index in [9.17, 15) is 13.2 Å². The lowest BCUT2D eigenvalue weighted by Crippen LogP contribution is -2.09. The average Bonchev–Trinajstić information content (AvgIpc) is 3.37. The molecule has 1 aliphatic carbocycles. The molecule has 0 unspecified atom stereocenters. The minimum atomic E-state index is -3.37. The van der Waals surface area contributed by atoms with Gasteiger partial charge in [-0.1, -0.05) is 39.3 Å². The molecule has 5 nitrogen and oxygen atoms in total. The third-order valence-corrected chi connectivity index (χ3v) is 6.56. The normalized spacial score (nSPS) is 14.2. The monoisotopic (exact) mass is 459 g/mol. The van der Waals surface area contributed by atoms with Crippen molar-refractivity contribution in [3.8, 4) is 0 Å². The number of ketones is 1. The fourth-order valence-electron chi connectivity index (χ4n) is 3.36. The molecule has 144 valence electrons. The molecule has 1 aromatic heterocycles. The summed E-state index contributed by atoms with van der Waals surface area (Å²) >= 11 is 3.45. The Labute approximate surface area is 171 Å². The Morgan fingerprint density at radius 2 is 1.89 bits per heavy atom. The highest BCUT2D eigenvalue weighted by atomic mass is 79.9. The number of carbonyl (C=O) groups is 1. The Morgan fingerprint density at radius 3 is 2.61 bits per heavy atom. The molecule has 7 heteroatoms. The van der Waals surface area contributed by atoms with Crippen molar-refractivity contribution in [2.45, 2.75) is 30.1 Å². The van der Waals surface area contributed by atoms with Gasteiger partial charge in [0, 0.05) is 22.2 Å². The molecule has 0 saturated heterocycles. The first-order chi connectivity index (χ1) is 13.3. The molecule has 0 radical (unpaired) electrons. The van der Waals surface area contributed by atoms with E-state index in [1.807, 2.05) is 12.1 Å². The van der Waals surface area contributed by atoms with Gasteiger partial charge in [-0.15, -0.1) is 0 Å². The third-order valence-electron chi connectivity index (χ3n) is 4.87. The van der Waals surface area contributed by atoms with E-state index in [-0.39, 0.29) is 10.7 Å². The number of hydrogen-bond donors (Lipinski definition) is 0. The Balaban J connectivity index is 1.76. The molecule has 0 aliphatic heterocycles. The van der Waals surface area contributed by atoms with E-state index in [0.717, 1.165) is 28.6 Å². The number of carbonyl (C=O) groups excluding carboxylic acids is 1. The number of sulfone groups is 1. The SMILES string of the molecule is CS(=O)(=O)c1ccccc1Cc1cc(Br)ccc1C(=O)c1conc1C1CC1. The smallest absolute Gasteiger partial charge is 0.198 e. The Bertz CT molecular complexity index is 1160. The molecule has 0 atom stereocenters. The van der Waals surface area contributed by atoms with Crippen LogP contribution in [0.2, 0.25) is 0 Å². The van der Waals surface area contributed by atoms with Gasteiger partial charge in [0.05, 0.1) is 16.2 Å². The lowest BCUT2D eigenvalue weighted by molar-refractivity contribution is 0.103. The summed E-state index contributed by atoms with van der Waals surface area (Å²) in [5, 5.41) is 4.02. The predicted octanol–water partition coefficient (Wildman–Crippen LogP) is 4.54. The van der Waals surface area contributed by atoms with E-state index in [4.69, 9.17) is 4.52 Å². The molecular weight excluding hydrogens is 442 g/mol. The van der Waals surface area contributed by atoms with Crippen LogP contribution in [0.1, 0.15) is 51.5 Å². The van der Waals surface area contributed by atoms with Gasteiger partial charge in [-0.2, -0.15) is 0 Å². The number of rotatable bonds is 6. The molecular formula is C21H18BrNO4S. The van der Waals surface area contributed by atoms with Crippen LogP contribution in [-0.2, 0) is 16.3 Å². The van der Waals surface area contributed by atoms with E-state index >= 15 is 0 Å². The standard InChI is InChI=1S/C21H18BrNO4S/c1-28(25,26)19-5-3-2-4-14(19)10-15-11-16(22)8-9-17(15)21(24)18-12-27-23-20(18)13-6-7-13/h2-5,8-9,11-13H,6-7,10H2,1H3. The van der Waals surface area contributed by atoms with Crippen molar-refractivity contribution in [1.29, 1.82) is 0 Å².